The maximum absolute atomic E-state index is 6.70. The summed E-state index contributed by atoms with van der Waals surface area (Å²) in [6, 6.07) is 55.1. The average Bonchev–Trinajstić information content (AvgIpc) is 3.83. The summed E-state index contributed by atoms with van der Waals surface area (Å²) in [5, 5.41) is 7.80. The third kappa shape index (κ3) is 3.64. The summed E-state index contributed by atoms with van der Waals surface area (Å²) in [4.78, 5) is 10.6. The van der Waals surface area contributed by atoms with Crippen molar-refractivity contribution in [2.45, 2.75) is 0 Å². The minimum absolute atomic E-state index is 0.634. The van der Waals surface area contributed by atoms with Crippen LogP contribution in [0.1, 0.15) is 0 Å². The predicted molar refractivity (Wildman–Crippen MR) is 201 cm³/mol. The van der Waals surface area contributed by atoms with E-state index in [1.807, 2.05) is 24.3 Å². The van der Waals surface area contributed by atoms with E-state index < -0.39 is 0 Å². The van der Waals surface area contributed by atoms with E-state index in [-0.39, 0.29) is 0 Å². The molecule has 0 spiro atoms. The van der Waals surface area contributed by atoms with Crippen LogP contribution in [0.4, 0.5) is 0 Å². The van der Waals surface area contributed by atoms with Gasteiger partial charge in [0.15, 0.2) is 5.58 Å². The van der Waals surface area contributed by atoms with Gasteiger partial charge in [-0.2, -0.15) is 0 Å². The van der Waals surface area contributed by atoms with Crippen LogP contribution in [0, 0.1) is 0 Å². The maximum atomic E-state index is 6.70. The fraction of sp³-hybridized carbons (Fsp3) is 0. The van der Waals surface area contributed by atoms with Gasteiger partial charge >= 0.3 is 0 Å². The molecule has 0 N–H and O–H groups in total. The summed E-state index contributed by atoms with van der Waals surface area (Å²) in [5.74, 6) is 0.634. The van der Waals surface area contributed by atoms with Crippen molar-refractivity contribution >= 4 is 76.5 Å². The maximum Gasteiger partial charge on any atom is 0.235 e. The molecule has 49 heavy (non-hydrogen) atoms. The number of hydrogen-bond donors (Lipinski definition) is 0. The number of hydrogen-bond acceptors (Lipinski definition) is 3. The van der Waals surface area contributed by atoms with Crippen molar-refractivity contribution in [2.24, 2.45) is 0 Å². The van der Waals surface area contributed by atoms with Crippen molar-refractivity contribution in [3.8, 4) is 22.9 Å². The van der Waals surface area contributed by atoms with E-state index in [4.69, 9.17) is 14.4 Å². The molecule has 0 saturated heterocycles. The summed E-state index contributed by atoms with van der Waals surface area (Å²) in [6.45, 7) is 0. The molecule has 4 heterocycles. The molecule has 0 bridgehead atoms. The normalized spacial score (nSPS) is 12.1. The van der Waals surface area contributed by atoms with Crippen molar-refractivity contribution < 1.29 is 4.42 Å². The molecule has 11 rings (SSSR count). The van der Waals surface area contributed by atoms with Crippen molar-refractivity contribution in [1.29, 1.82) is 0 Å². The molecular formula is C44H26N4O. The van der Waals surface area contributed by atoms with E-state index in [1.165, 1.54) is 0 Å². The average molecular weight is 627 g/mol. The molecule has 0 aliphatic rings. The number of furan rings is 1. The van der Waals surface area contributed by atoms with Crippen molar-refractivity contribution in [1.82, 2.24) is 19.1 Å². The highest BCUT2D eigenvalue weighted by Crippen LogP contribution is 2.45. The zero-order valence-electron chi connectivity index (χ0n) is 26.2. The summed E-state index contributed by atoms with van der Waals surface area (Å²) >= 11 is 0. The lowest BCUT2D eigenvalue weighted by Gasteiger charge is -2.13. The molecule has 4 aromatic heterocycles. The minimum Gasteiger partial charge on any atom is -0.454 e. The van der Waals surface area contributed by atoms with Gasteiger partial charge in [-0.25, -0.2) is 9.97 Å². The third-order valence-corrected chi connectivity index (χ3v) is 9.92. The van der Waals surface area contributed by atoms with Gasteiger partial charge in [-0.15, -0.1) is 0 Å². The van der Waals surface area contributed by atoms with E-state index in [2.05, 4.69) is 143 Å². The van der Waals surface area contributed by atoms with E-state index >= 15 is 0 Å². The number of benzene rings is 7. The van der Waals surface area contributed by atoms with Crippen LogP contribution in [0.2, 0.25) is 0 Å². The first-order chi connectivity index (χ1) is 24.3. The highest BCUT2D eigenvalue weighted by Gasteiger charge is 2.25. The monoisotopic (exact) mass is 626 g/mol. The highest BCUT2D eigenvalue weighted by molar-refractivity contribution is 6.27. The quantitative estimate of drug-likeness (QED) is 0.196. The van der Waals surface area contributed by atoms with E-state index in [0.29, 0.717) is 5.95 Å². The predicted octanol–water partition coefficient (Wildman–Crippen LogP) is 11.4. The molecule has 0 saturated carbocycles. The van der Waals surface area contributed by atoms with Gasteiger partial charge in [-0.1, -0.05) is 121 Å². The Hall–Kier alpha value is -6.72. The zero-order valence-corrected chi connectivity index (χ0v) is 26.2. The fourth-order valence-corrected chi connectivity index (χ4v) is 7.83. The lowest BCUT2D eigenvalue weighted by Crippen LogP contribution is -2.04. The first-order valence-electron chi connectivity index (χ1n) is 16.5. The first kappa shape index (κ1) is 26.4. The Morgan fingerprint density at radius 3 is 1.82 bits per heavy atom. The van der Waals surface area contributed by atoms with Gasteiger partial charge in [0.2, 0.25) is 5.95 Å². The lowest BCUT2D eigenvalue weighted by molar-refractivity contribution is 0.671. The fourth-order valence-electron chi connectivity index (χ4n) is 7.83. The van der Waals surface area contributed by atoms with E-state index in [0.717, 1.165) is 93.4 Å². The summed E-state index contributed by atoms with van der Waals surface area (Å²) < 4.78 is 11.3. The van der Waals surface area contributed by atoms with Crippen LogP contribution in [0.25, 0.3) is 99.3 Å². The molecule has 11 aromatic rings. The summed E-state index contributed by atoms with van der Waals surface area (Å²) in [7, 11) is 0. The molecule has 0 amide bonds. The minimum atomic E-state index is 0.634. The first-order valence-corrected chi connectivity index (χ1v) is 16.5. The Kier molecular flexibility index (Phi) is 5.32. The lowest BCUT2D eigenvalue weighted by atomic mass is 10.1. The standard InChI is InChI=1S/C44H26N4O/c1-3-13-27(14-4-1)39-35-19-7-10-20-36(35)45-44(46-39)48-37-21-11-8-17-29(37)31-23-24-32-33-25-26-34-30-18-9-12-22-38(30)49-43(34)42(33)47(40(32)41(31)48)28-15-5-2-6-16-28/h1-26H. The second-order valence-corrected chi connectivity index (χ2v) is 12.6. The van der Waals surface area contributed by atoms with Gasteiger partial charge in [0.1, 0.15) is 5.58 Å². The van der Waals surface area contributed by atoms with Gasteiger partial charge in [0.05, 0.1) is 33.3 Å². The molecule has 0 radical (unpaired) electrons. The second kappa shape index (κ2) is 9.89. The molecule has 0 unspecified atom stereocenters. The number of rotatable bonds is 3. The van der Waals surface area contributed by atoms with Gasteiger partial charge in [-0.3, -0.25) is 4.57 Å². The molecule has 5 heteroatoms. The Balaban J connectivity index is 1.37. The van der Waals surface area contributed by atoms with Crippen LogP contribution in [0.3, 0.4) is 0 Å². The van der Waals surface area contributed by atoms with Crippen LogP contribution in [-0.2, 0) is 0 Å². The zero-order chi connectivity index (χ0) is 32.1. The van der Waals surface area contributed by atoms with Crippen LogP contribution in [-0.4, -0.2) is 19.1 Å². The largest absolute Gasteiger partial charge is 0.454 e. The Morgan fingerprint density at radius 1 is 0.408 bits per heavy atom. The van der Waals surface area contributed by atoms with Crippen molar-refractivity contribution in [3.05, 3.63) is 158 Å². The molecule has 5 nitrogen and oxygen atoms in total. The molecule has 0 fully saturated rings. The van der Waals surface area contributed by atoms with Gasteiger partial charge in [-0.05, 0) is 36.4 Å². The summed E-state index contributed by atoms with van der Waals surface area (Å²) in [6.07, 6.45) is 0. The number of fused-ring (bicyclic) bond motifs is 12. The third-order valence-electron chi connectivity index (χ3n) is 9.92. The smallest absolute Gasteiger partial charge is 0.235 e. The Morgan fingerprint density at radius 2 is 1.00 bits per heavy atom. The number of nitrogens with zero attached hydrogens (tertiary/aromatic N) is 4. The van der Waals surface area contributed by atoms with Crippen LogP contribution in [0.15, 0.2) is 162 Å². The van der Waals surface area contributed by atoms with Crippen LogP contribution >= 0.6 is 0 Å². The van der Waals surface area contributed by atoms with Crippen LogP contribution < -0.4 is 0 Å². The van der Waals surface area contributed by atoms with Crippen molar-refractivity contribution in [2.75, 3.05) is 0 Å². The van der Waals surface area contributed by atoms with Gasteiger partial charge < -0.3 is 8.98 Å². The van der Waals surface area contributed by atoms with Gasteiger partial charge in [0, 0.05) is 49.0 Å². The SMILES string of the molecule is c1ccc(-c2nc(-n3c4ccccc4c4ccc5c6ccc7c8ccccc8oc7c6n(-c6ccccc6)c5c43)nc3ccccc23)cc1. The van der Waals surface area contributed by atoms with E-state index in [9.17, 15) is 0 Å². The Bertz CT molecular complexity index is 3100. The molecule has 0 aliphatic heterocycles. The number of aromatic nitrogens is 4. The molecular weight excluding hydrogens is 601 g/mol. The molecule has 0 aliphatic carbocycles. The van der Waals surface area contributed by atoms with Crippen molar-refractivity contribution in [3.63, 3.8) is 0 Å². The highest BCUT2D eigenvalue weighted by atomic mass is 16.3. The number of para-hydroxylation sites is 4. The topological polar surface area (TPSA) is 48.8 Å². The molecule has 228 valence electrons. The molecule has 7 aromatic carbocycles. The van der Waals surface area contributed by atoms with Gasteiger partial charge in [0.25, 0.3) is 0 Å². The van der Waals surface area contributed by atoms with E-state index in [1.54, 1.807) is 0 Å². The Labute approximate surface area is 279 Å². The summed E-state index contributed by atoms with van der Waals surface area (Å²) in [5.41, 5.74) is 9.92. The van der Waals surface area contributed by atoms with Crippen LogP contribution in [0.5, 0.6) is 0 Å². The second-order valence-electron chi connectivity index (χ2n) is 12.6. The molecule has 0 atom stereocenters.